The van der Waals surface area contributed by atoms with E-state index in [1.54, 1.807) is 25.1 Å². The fraction of sp³-hybridized carbons (Fsp3) is 0.273. The maximum atomic E-state index is 11.0. The van der Waals surface area contributed by atoms with Crippen molar-refractivity contribution < 1.29 is 13.5 Å². The lowest BCUT2D eigenvalue weighted by Gasteiger charge is -2.07. The molecule has 2 N–H and O–H groups in total. The van der Waals surface area contributed by atoms with E-state index >= 15 is 0 Å². The summed E-state index contributed by atoms with van der Waals surface area (Å²) in [5, 5.41) is 8.54. The van der Waals surface area contributed by atoms with Crippen LogP contribution in [-0.4, -0.2) is 26.4 Å². The molecule has 16 heavy (non-hydrogen) atoms. The Morgan fingerprint density at radius 2 is 2.12 bits per heavy atom. The summed E-state index contributed by atoms with van der Waals surface area (Å²) >= 11 is 0. The van der Waals surface area contributed by atoms with E-state index in [0.29, 0.717) is 5.69 Å². The minimum Gasteiger partial charge on any atom is -0.384 e. The van der Waals surface area contributed by atoms with Crippen molar-refractivity contribution in [2.24, 2.45) is 0 Å². The van der Waals surface area contributed by atoms with Crippen LogP contribution in [0.2, 0.25) is 0 Å². The highest BCUT2D eigenvalue weighted by Crippen LogP contribution is 2.16. The Morgan fingerprint density at radius 1 is 1.44 bits per heavy atom. The Morgan fingerprint density at radius 3 is 2.62 bits per heavy atom. The van der Waals surface area contributed by atoms with Gasteiger partial charge in [0.1, 0.15) is 6.61 Å². The van der Waals surface area contributed by atoms with Gasteiger partial charge in [-0.1, -0.05) is 11.8 Å². The topological polar surface area (TPSA) is 66.4 Å². The zero-order valence-corrected chi connectivity index (χ0v) is 9.93. The molecule has 0 radical (unpaired) electrons. The number of hydrogen-bond donors (Lipinski definition) is 2. The zero-order valence-electron chi connectivity index (χ0n) is 9.11. The smallest absolute Gasteiger partial charge is 0.229 e. The third-order valence-electron chi connectivity index (χ3n) is 1.83. The largest absolute Gasteiger partial charge is 0.384 e. The lowest BCUT2D eigenvalue weighted by atomic mass is 10.1. The van der Waals surface area contributed by atoms with Crippen LogP contribution in [0.1, 0.15) is 11.1 Å². The second-order valence-corrected chi connectivity index (χ2v) is 5.11. The van der Waals surface area contributed by atoms with E-state index in [2.05, 4.69) is 16.6 Å². The first-order valence-electron chi connectivity index (χ1n) is 4.60. The molecule has 4 nitrogen and oxygen atoms in total. The van der Waals surface area contributed by atoms with E-state index in [0.717, 1.165) is 17.4 Å². The Kier molecular flexibility index (Phi) is 3.93. The van der Waals surface area contributed by atoms with Gasteiger partial charge in [0.25, 0.3) is 0 Å². The van der Waals surface area contributed by atoms with Gasteiger partial charge in [-0.05, 0) is 30.7 Å². The van der Waals surface area contributed by atoms with Crippen molar-refractivity contribution in [3.63, 3.8) is 0 Å². The summed E-state index contributed by atoms with van der Waals surface area (Å²) in [6, 6.07) is 5.11. The number of anilines is 1. The molecule has 0 unspecified atom stereocenters. The number of hydrogen-bond acceptors (Lipinski definition) is 3. The van der Waals surface area contributed by atoms with E-state index in [9.17, 15) is 8.42 Å². The van der Waals surface area contributed by atoms with Gasteiger partial charge in [-0.15, -0.1) is 0 Å². The van der Waals surface area contributed by atoms with Gasteiger partial charge in [0.2, 0.25) is 10.0 Å². The van der Waals surface area contributed by atoms with E-state index in [1.807, 2.05) is 0 Å². The first kappa shape index (κ1) is 12.6. The average Bonchev–Trinajstić information content (AvgIpc) is 2.17. The Hall–Kier alpha value is -1.51. The van der Waals surface area contributed by atoms with Crippen LogP contribution in [0.5, 0.6) is 0 Å². The van der Waals surface area contributed by atoms with Crippen molar-refractivity contribution in [2.45, 2.75) is 6.92 Å². The summed E-state index contributed by atoms with van der Waals surface area (Å²) in [4.78, 5) is 0. The van der Waals surface area contributed by atoms with Gasteiger partial charge in [-0.2, -0.15) is 0 Å². The molecule has 0 amide bonds. The molecule has 1 aromatic rings. The van der Waals surface area contributed by atoms with Crippen LogP contribution in [0.4, 0.5) is 5.69 Å². The Bertz CT molecular complexity index is 538. The van der Waals surface area contributed by atoms with Crippen molar-refractivity contribution in [1.82, 2.24) is 0 Å². The van der Waals surface area contributed by atoms with E-state index in [1.165, 1.54) is 0 Å². The lowest BCUT2D eigenvalue weighted by molar-refractivity contribution is 0.350. The molecule has 0 bridgehead atoms. The van der Waals surface area contributed by atoms with E-state index in [4.69, 9.17) is 5.11 Å². The normalized spacial score (nSPS) is 10.4. The van der Waals surface area contributed by atoms with Crippen molar-refractivity contribution in [1.29, 1.82) is 0 Å². The lowest BCUT2D eigenvalue weighted by Crippen LogP contribution is -2.10. The number of benzene rings is 1. The van der Waals surface area contributed by atoms with Crippen molar-refractivity contribution in [3.8, 4) is 11.8 Å². The first-order valence-corrected chi connectivity index (χ1v) is 6.49. The monoisotopic (exact) mass is 239 g/mol. The summed E-state index contributed by atoms with van der Waals surface area (Å²) in [6.07, 6.45) is 1.10. The maximum absolute atomic E-state index is 11.0. The van der Waals surface area contributed by atoms with Gasteiger partial charge < -0.3 is 5.11 Å². The number of sulfonamides is 1. The molecular weight excluding hydrogens is 226 g/mol. The van der Waals surface area contributed by atoms with Crippen LogP contribution < -0.4 is 4.72 Å². The molecule has 0 aliphatic carbocycles. The number of nitrogens with one attached hydrogen (secondary N) is 1. The minimum atomic E-state index is -3.26. The Balaban J connectivity index is 3.01. The van der Waals surface area contributed by atoms with E-state index < -0.39 is 10.0 Å². The maximum Gasteiger partial charge on any atom is 0.229 e. The zero-order chi connectivity index (χ0) is 12.2. The predicted molar refractivity (Wildman–Crippen MR) is 63.6 cm³/mol. The summed E-state index contributed by atoms with van der Waals surface area (Å²) in [7, 11) is -3.26. The molecule has 86 valence electrons. The molecule has 0 spiro atoms. The van der Waals surface area contributed by atoms with Crippen molar-refractivity contribution in [3.05, 3.63) is 29.3 Å². The molecule has 0 aliphatic heterocycles. The summed E-state index contributed by atoms with van der Waals surface area (Å²) in [5.74, 6) is 5.27. The van der Waals surface area contributed by atoms with Crippen LogP contribution in [-0.2, 0) is 10.0 Å². The number of aryl methyl sites for hydroxylation is 1. The molecule has 5 heteroatoms. The number of aliphatic hydroxyl groups is 1. The second kappa shape index (κ2) is 5.01. The van der Waals surface area contributed by atoms with Gasteiger partial charge >= 0.3 is 0 Å². The van der Waals surface area contributed by atoms with Gasteiger partial charge in [0.15, 0.2) is 0 Å². The van der Waals surface area contributed by atoms with Gasteiger partial charge in [0.05, 0.1) is 11.9 Å². The molecule has 0 fully saturated rings. The van der Waals surface area contributed by atoms with Gasteiger partial charge in [0, 0.05) is 5.56 Å². The highest BCUT2D eigenvalue weighted by atomic mass is 32.2. The SMILES string of the molecule is Cc1cc(C#CCO)ccc1NS(C)(=O)=O. The molecule has 1 aromatic carbocycles. The molecular formula is C11H13NO3S. The van der Waals surface area contributed by atoms with Crippen molar-refractivity contribution >= 4 is 15.7 Å². The fourth-order valence-corrected chi connectivity index (χ4v) is 1.83. The van der Waals surface area contributed by atoms with Crippen LogP contribution in [0.3, 0.4) is 0 Å². The quantitative estimate of drug-likeness (QED) is 0.747. The molecule has 0 saturated heterocycles. The highest BCUT2D eigenvalue weighted by Gasteiger charge is 2.04. The summed E-state index contributed by atoms with van der Waals surface area (Å²) < 4.78 is 24.5. The van der Waals surface area contributed by atoms with Crippen LogP contribution in [0.15, 0.2) is 18.2 Å². The van der Waals surface area contributed by atoms with Crippen LogP contribution >= 0.6 is 0 Å². The molecule has 0 heterocycles. The van der Waals surface area contributed by atoms with Gasteiger partial charge in [-0.25, -0.2) is 8.42 Å². The van der Waals surface area contributed by atoms with Crippen LogP contribution in [0, 0.1) is 18.8 Å². The molecule has 0 aliphatic rings. The first-order chi connectivity index (χ1) is 7.42. The minimum absolute atomic E-state index is 0.192. The average molecular weight is 239 g/mol. The standard InChI is InChI=1S/C11H13NO3S/c1-9-8-10(4-3-7-13)5-6-11(9)12-16(2,14)15/h5-6,8,12-13H,7H2,1-2H3. The number of aliphatic hydroxyl groups excluding tert-OH is 1. The second-order valence-electron chi connectivity index (χ2n) is 3.36. The third kappa shape index (κ3) is 3.93. The highest BCUT2D eigenvalue weighted by molar-refractivity contribution is 7.92. The van der Waals surface area contributed by atoms with E-state index in [-0.39, 0.29) is 6.61 Å². The molecule has 0 atom stereocenters. The Labute approximate surface area is 95.4 Å². The fourth-order valence-electron chi connectivity index (χ4n) is 1.20. The molecule has 1 rings (SSSR count). The summed E-state index contributed by atoms with van der Waals surface area (Å²) in [5.41, 5.74) is 2.07. The van der Waals surface area contributed by atoms with Crippen molar-refractivity contribution in [2.75, 3.05) is 17.6 Å². The van der Waals surface area contributed by atoms with Gasteiger partial charge in [-0.3, -0.25) is 4.72 Å². The predicted octanol–water partition coefficient (Wildman–Crippen LogP) is 0.710. The molecule has 0 aromatic heterocycles. The molecule has 0 saturated carbocycles. The number of rotatable bonds is 2. The van der Waals surface area contributed by atoms with Crippen LogP contribution in [0.25, 0.3) is 0 Å². The summed E-state index contributed by atoms with van der Waals surface area (Å²) in [6.45, 7) is 1.60. The third-order valence-corrected chi connectivity index (χ3v) is 2.42.